The molecule has 1 rings (SSSR count). The summed E-state index contributed by atoms with van der Waals surface area (Å²) in [5.74, 6) is 1.21. The Morgan fingerprint density at radius 3 is 2.94 bits per heavy atom. The number of thioether (sulfide) groups is 1. The van der Waals surface area contributed by atoms with Crippen LogP contribution in [-0.4, -0.2) is 29.4 Å². The van der Waals surface area contributed by atoms with Gasteiger partial charge in [-0.25, -0.2) is 4.98 Å². The molecule has 0 aliphatic carbocycles. The van der Waals surface area contributed by atoms with E-state index in [0.29, 0.717) is 23.0 Å². The molecule has 0 aliphatic heterocycles. The predicted molar refractivity (Wildman–Crippen MR) is 74.1 cm³/mol. The number of hydrogen-bond donors (Lipinski definition) is 1. The van der Waals surface area contributed by atoms with E-state index in [4.69, 9.17) is 23.2 Å². The number of aromatic nitrogens is 1. The van der Waals surface area contributed by atoms with Crippen molar-refractivity contribution in [2.45, 2.75) is 6.92 Å². The Morgan fingerprint density at radius 2 is 2.29 bits per heavy atom. The van der Waals surface area contributed by atoms with Gasteiger partial charge in [0, 0.05) is 12.7 Å². The van der Waals surface area contributed by atoms with Crippen LogP contribution in [0.2, 0.25) is 10.2 Å². The molecule has 6 heteroatoms. The fraction of sp³-hybridized carbons (Fsp3) is 0.455. The Balaban J connectivity index is 2.61. The van der Waals surface area contributed by atoms with E-state index >= 15 is 0 Å². The van der Waals surface area contributed by atoms with Crippen LogP contribution < -0.4 is 5.32 Å². The molecule has 0 aliphatic rings. The second-order valence-corrected chi connectivity index (χ2v) is 5.46. The summed E-state index contributed by atoms with van der Waals surface area (Å²) in [6.07, 6.45) is 3.42. The van der Waals surface area contributed by atoms with Gasteiger partial charge in [0.25, 0.3) is 5.91 Å². The summed E-state index contributed by atoms with van der Waals surface area (Å²) in [5.41, 5.74) is 0.364. The predicted octanol–water partition coefficient (Wildman–Crippen LogP) is 3.12. The van der Waals surface area contributed by atoms with Crippen molar-refractivity contribution in [3.05, 3.63) is 28.0 Å². The molecule has 1 amide bonds. The van der Waals surface area contributed by atoms with Crippen LogP contribution in [0, 0.1) is 5.92 Å². The van der Waals surface area contributed by atoms with Gasteiger partial charge in [0.15, 0.2) is 0 Å². The average molecular weight is 293 g/mol. The van der Waals surface area contributed by atoms with E-state index in [-0.39, 0.29) is 11.1 Å². The molecule has 0 saturated carbocycles. The molecule has 1 atom stereocenters. The van der Waals surface area contributed by atoms with Gasteiger partial charge in [0.05, 0.1) is 10.6 Å². The van der Waals surface area contributed by atoms with E-state index in [1.165, 1.54) is 12.3 Å². The van der Waals surface area contributed by atoms with Crippen LogP contribution in [0.1, 0.15) is 17.3 Å². The second kappa shape index (κ2) is 7.09. The zero-order valence-corrected chi connectivity index (χ0v) is 12.0. The number of rotatable bonds is 5. The first kappa shape index (κ1) is 14.6. The van der Waals surface area contributed by atoms with E-state index in [1.807, 2.05) is 6.26 Å². The summed E-state index contributed by atoms with van der Waals surface area (Å²) in [4.78, 5) is 15.6. The highest BCUT2D eigenvalue weighted by Crippen LogP contribution is 2.17. The minimum atomic E-state index is -0.216. The SMILES string of the molecule is CSCC(C)CNC(=O)c1cc(Cl)ncc1Cl. The van der Waals surface area contributed by atoms with E-state index in [0.717, 1.165) is 5.75 Å². The number of nitrogens with one attached hydrogen (secondary N) is 1. The highest BCUT2D eigenvalue weighted by atomic mass is 35.5. The Morgan fingerprint density at radius 1 is 1.59 bits per heavy atom. The summed E-state index contributed by atoms with van der Waals surface area (Å²) in [7, 11) is 0. The monoisotopic (exact) mass is 292 g/mol. The number of pyridine rings is 1. The average Bonchev–Trinajstić information content (AvgIpc) is 2.29. The van der Waals surface area contributed by atoms with Gasteiger partial charge < -0.3 is 5.32 Å². The molecule has 94 valence electrons. The van der Waals surface area contributed by atoms with Crippen LogP contribution in [-0.2, 0) is 0 Å². The molecule has 0 bridgehead atoms. The maximum absolute atomic E-state index is 11.8. The number of carbonyl (C=O) groups is 1. The Bertz CT molecular complexity index is 401. The number of nitrogens with zero attached hydrogens (tertiary/aromatic N) is 1. The van der Waals surface area contributed by atoms with Crippen molar-refractivity contribution in [2.75, 3.05) is 18.6 Å². The largest absolute Gasteiger partial charge is 0.352 e. The highest BCUT2D eigenvalue weighted by molar-refractivity contribution is 7.98. The quantitative estimate of drug-likeness (QED) is 0.848. The first-order valence-corrected chi connectivity index (χ1v) is 7.27. The molecular weight excluding hydrogens is 279 g/mol. The normalized spacial score (nSPS) is 12.2. The van der Waals surface area contributed by atoms with Crippen LogP contribution in [0.15, 0.2) is 12.3 Å². The van der Waals surface area contributed by atoms with E-state index in [1.54, 1.807) is 11.8 Å². The van der Waals surface area contributed by atoms with Crippen LogP contribution in [0.25, 0.3) is 0 Å². The van der Waals surface area contributed by atoms with Crippen molar-refractivity contribution in [2.24, 2.45) is 5.92 Å². The van der Waals surface area contributed by atoms with Crippen molar-refractivity contribution < 1.29 is 4.79 Å². The zero-order valence-electron chi connectivity index (χ0n) is 9.67. The topological polar surface area (TPSA) is 42.0 Å². The summed E-state index contributed by atoms with van der Waals surface area (Å²) < 4.78 is 0. The molecule has 0 radical (unpaired) electrons. The van der Waals surface area contributed by atoms with E-state index < -0.39 is 0 Å². The fourth-order valence-electron chi connectivity index (χ4n) is 1.29. The highest BCUT2D eigenvalue weighted by Gasteiger charge is 2.12. The van der Waals surface area contributed by atoms with Crippen LogP contribution in [0.4, 0.5) is 0 Å². The van der Waals surface area contributed by atoms with E-state index in [9.17, 15) is 4.79 Å². The second-order valence-electron chi connectivity index (χ2n) is 3.76. The number of carbonyl (C=O) groups excluding carboxylic acids is 1. The lowest BCUT2D eigenvalue weighted by molar-refractivity contribution is 0.0949. The van der Waals surface area contributed by atoms with Gasteiger partial charge in [-0.1, -0.05) is 30.1 Å². The molecule has 1 heterocycles. The fourth-order valence-corrected chi connectivity index (χ4v) is 2.33. The number of amides is 1. The lowest BCUT2D eigenvalue weighted by Crippen LogP contribution is -2.29. The van der Waals surface area contributed by atoms with Gasteiger partial charge >= 0.3 is 0 Å². The minimum Gasteiger partial charge on any atom is -0.352 e. The van der Waals surface area contributed by atoms with Crippen molar-refractivity contribution in [1.82, 2.24) is 10.3 Å². The minimum absolute atomic E-state index is 0.216. The third-order valence-electron chi connectivity index (χ3n) is 2.13. The molecule has 0 aromatic carbocycles. The lowest BCUT2D eigenvalue weighted by atomic mass is 10.2. The molecule has 0 fully saturated rings. The summed E-state index contributed by atoms with van der Waals surface area (Å²) >= 11 is 13.4. The Kier molecular flexibility index (Phi) is 6.09. The van der Waals surface area contributed by atoms with Gasteiger partial charge in [-0.05, 0) is 24.0 Å². The summed E-state index contributed by atoms with van der Waals surface area (Å²) in [5, 5.41) is 3.40. The molecule has 1 N–H and O–H groups in total. The smallest absolute Gasteiger partial charge is 0.252 e. The van der Waals surface area contributed by atoms with Gasteiger partial charge in [-0.15, -0.1) is 0 Å². The number of hydrogen-bond acceptors (Lipinski definition) is 3. The van der Waals surface area contributed by atoms with Crippen LogP contribution in [0.5, 0.6) is 0 Å². The summed E-state index contributed by atoms with van der Waals surface area (Å²) in [6, 6.07) is 1.47. The molecule has 1 aromatic heterocycles. The van der Waals surface area contributed by atoms with Crippen LogP contribution in [0.3, 0.4) is 0 Å². The van der Waals surface area contributed by atoms with Gasteiger partial charge in [-0.2, -0.15) is 11.8 Å². The van der Waals surface area contributed by atoms with Crippen LogP contribution >= 0.6 is 35.0 Å². The standard InChI is InChI=1S/C11H14Cl2N2OS/c1-7(6-17-2)4-15-11(16)8-3-10(13)14-5-9(8)12/h3,5,7H,4,6H2,1-2H3,(H,15,16). The third kappa shape index (κ3) is 4.74. The molecule has 0 saturated heterocycles. The number of halogens is 2. The van der Waals surface area contributed by atoms with Crippen molar-refractivity contribution >= 4 is 40.9 Å². The van der Waals surface area contributed by atoms with Gasteiger partial charge in [-0.3, -0.25) is 4.79 Å². The third-order valence-corrected chi connectivity index (χ3v) is 3.54. The summed E-state index contributed by atoms with van der Waals surface area (Å²) in [6.45, 7) is 2.70. The van der Waals surface area contributed by atoms with Crippen molar-refractivity contribution in [3.8, 4) is 0 Å². The molecule has 3 nitrogen and oxygen atoms in total. The Labute approximate surface area is 115 Å². The first-order chi connectivity index (χ1) is 8.04. The van der Waals surface area contributed by atoms with E-state index in [2.05, 4.69) is 17.2 Å². The molecule has 1 unspecified atom stereocenters. The maximum Gasteiger partial charge on any atom is 0.252 e. The molecule has 0 spiro atoms. The van der Waals surface area contributed by atoms with Gasteiger partial charge in [0.2, 0.25) is 0 Å². The first-order valence-electron chi connectivity index (χ1n) is 5.12. The maximum atomic E-state index is 11.8. The molecule has 1 aromatic rings. The lowest BCUT2D eigenvalue weighted by Gasteiger charge is -2.11. The molecule has 17 heavy (non-hydrogen) atoms. The van der Waals surface area contributed by atoms with Gasteiger partial charge in [0.1, 0.15) is 5.15 Å². The molecular formula is C11H14Cl2N2OS. The zero-order chi connectivity index (χ0) is 12.8. The van der Waals surface area contributed by atoms with Crippen molar-refractivity contribution in [3.63, 3.8) is 0 Å². The van der Waals surface area contributed by atoms with Crippen molar-refractivity contribution in [1.29, 1.82) is 0 Å². The Hall–Kier alpha value is -0.450.